The van der Waals surface area contributed by atoms with Gasteiger partial charge in [-0.15, -0.1) is 0 Å². The summed E-state index contributed by atoms with van der Waals surface area (Å²) in [5.41, 5.74) is 4.17. The summed E-state index contributed by atoms with van der Waals surface area (Å²) < 4.78 is 0. The number of hydrogen-bond donors (Lipinski definition) is 4. The third kappa shape index (κ3) is 40.5. The van der Waals surface area contributed by atoms with E-state index < -0.39 is 0 Å². The van der Waals surface area contributed by atoms with Gasteiger partial charge in [0.05, 0.1) is 12.6 Å². The van der Waals surface area contributed by atoms with Crippen LogP contribution in [0.4, 0.5) is 0 Å². The van der Waals surface area contributed by atoms with Crippen LogP contribution >= 0.6 is 0 Å². The minimum atomic E-state index is -0.232. The molecule has 27 heavy (non-hydrogen) atoms. The van der Waals surface area contributed by atoms with Crippen molar-refractivity contribution in [2.45, 2.75) is 87.7 Å². The second-order valence-corrected chi connectivity index (χ2v) is 5.70. The standard InChI is InChI=1S/C11H22N2O2.C4H11N.2C2H6.CH3NO/c1-7(2)10(13-8(3)4)11(15)12-6-9(5)14;1-3-4-5-2;2*1-2;2-1-3/h7-8,10,13H,6H2,1-5H3,(H,12,15);5H,3-4H2,1-2H3;2*1-2H3;1H,(H2,2,3). The van der Waals surface area contributed by atoms with Crippen LogP contribution in [0.2, 0.25) is 0 Å². The molecule has 2 amide bonds. The lowest BCUT2D eigenvalue weighted by atomic mass is 10.0. The highest BCUT2D eigenvalue weighted by molar-refractivity contribution is 5.87. The van der Waals surface area contributed by atoms with Gasteiger partial charge in [-0.3, -0.25) is 14.4 Å². The molecule has 1 unspecified atom stereocenters. The van der Waals surface area contributed by atoms with Gasteiger partial charge >= 0.3 is 0 Å². The lowest BCUT2D eigenvalue weighted by Gasteiger charge is -2.23. The number of rotatable bonds is 8. The second kappa shape index (κ2) is 32.2. The molecule has 0 aliphatic rings. The van der Waals surface area contributed by atoms with Crippen molar-refractivity contribution in [3.63, 3.8) is 0 Å². The molecule has 7 heteroatoms. The molecule has 7 nitrogen and oxygen atoms in total. The molecular formula is C20H48N4O3. The predicted molar refractivity (Wildman–Crippen MR) is 118 cm³/mol. The first kappa shape index (κ1) is 36.4. The SMILES string of the molecule is CC.CC.CC(=O)CNC(=O)C(NC(C)C)C(C)C.CCCNC.NC=O. The van der Waals surface area contributed by atoms with E-state index in [1.54, 1.807) is 0 Å². The molecule has 5 N–H and O–H groups in total. The molecule has 0 aliphatic heterocycles. The Balaban J connectivity index is -0.000000111. The fraction of sp³-hybridized carbons (Fsp3) is 0.850. The molecule has 0 aromatic heterocycles. The largest absolute Gasteiger partial charge is 0.372 e. The van der Waals surface area contributed by atoms with E-state index in [1.807, 2.05) is 62.4 Å². The van der Waals surface area contributed by atoms with Crippen molar-refractivity contribution in [1.82, 2.24) is 16.0 Å². The van der Waals surface area contributed by atoms with Crippen LogP contribution in [0.15, 0.2) is 0 Å². The summed E-state index contributed by atoms with van der Waals surface area (Å²) in [6, 6.07) is 0.0184. The number of ketones is 1. The van der Waals surface area contributed by atoms with Gasteiger partial charge < -0.3 is 21.7 Å². The summed E-state index contributed by atoms with van der Waals surface area (Å²) in [6.45, 7) is 20.8. The lowest BCUT2D eigenvalue weighted by Crippen LogP contribution is -2.50. The Labute approximate surface area is 168 Å². The summed E-state index contributed by atoms with van der Waals surface area (Å²) in [5, 5.41) is 8.81. The molecule has 0 spiro atoms. The maximum Gasteiger partial charge on any atom is 0.237 e. The summed E-state index contributed by atoms with van der Waals surface area (Å²) >= 11 is 0. The number of carbonyl (C=O) groups excluding carboxylic acids is 3. The van der Waals surface area contributed by atoms with Crippen LogP contribution in [-0.4, -0.2) is 50.3 Å². The third-order valence-electron chi connectivity index (χ3n) is 2.47. The molecule has 0 aromatic carbocycles. The van der Waals surface area contributed by atoms with Gasteiger partial charge in [-0.2, -0.15) is 0 Å². The highest BCUT2D eigenvalue weighted by Crippen LogP contribution is 2.02. The molecular weight excluding hydrogens is 344 g/mol. The highest BCUT2D eigenvalue weighted by atomic mass is 16.2. The molecule has 166 valence electrons. The molecule has 0 aromatic rings. The molecule has 0 heterocycles. The van der Waals surface area contributed by atoms with Crippen molar-refractivity contribution in [2.24, 2.45) is 11.7 Å². The van der Waals surface area contributed by atoms with Crippen LogP contribution in [0.5, 0.6) is 0 Å². The number of primary amides is 1. The molecule has 0 bridgehead atoms. The smallest absolute Gasteiger partial charge is 0.237 e. The van der Waals surface area contributed by atoms with E-state index in [-0.39, 0.29) is 42.6 Å². The maximum absolute atomic E-state index is 11.7. The monoisotopic (exact) mass is 392 g/mol. The number of Topliss-reactive ketones (excluding diaryl/α,β-unsaturated/α-hetero) is 1. The minimum absolute atomic E-state index is 0.0320. The average molecular weight is 393 g/mol. The van der Waals surface area contributed by atoms with Gasteiger partial charge in [-0.1, -0.05) is 62.3 Å². The Morgan fingerprint density at radius 3 is 1.63 bits per heavy atom. The number of amides is 2. The van der Waals surface area contributed by atoms with Crippen LogP contribution < -0.4 is 21.7 Å². The van der Waals surface area contributed by atoms with Crippen molar-refractivity contribution in [2.75, 3.05) is 20.1 Å². The minimum Gasteiger partial charge on any atom is -0.372 e. The molecule has 0 fully saturated rings. The fourth-order valence-corrected chi connectivity index (χ4v) is 1.50. The quantitative estimate of drug-likeness (QED) is 0.474. The third-order valence-corrected chi connectivity index (χ3v) is 2.47. The van der Waals surface area contributed by atoms with Crippen LogP contribution in [-0.2, 0) is 14.4 Å². The number of hydrogen-bond acceptors (Lipinski definition) is 5. The maximum atomic E-state index is 11.7. The second-order valence-electron chi connectivity index (χ2n) is 5.70. The first-order valence-corrected chi connectivity index (χ1v) is 10.0. The predicted octanol–water partition coefficient (Wildman–Crippen LogP) is 2.48. The normalized spacial score (nSPS) is 9.67. The van der Waals surface area contributed by atoms with Crippen LogP contribution in [0.3, 0.4) is 0 Å². The van der Waals surface area contributed by atoms with Gasteiger partial charge in [0.2, 0.25) is 12.3 Å². The Bertz CT molecular complexity index is 308. The molecule has 0 radical (unpaired) electrons. The fourth-order valence-electron chi connectivity index (χ4n) is 1.50. The van der Waals surface area contributed by atoms with E-state index in [2.05, 4.69) is 28.6 Å². The van der Waals surface area contributed by atoms with Gasteiger partial charge in [0.1, 0.15) is 5.78 Å². The summed E-state index contributed by atoms with van der Waals surface area (Å²) in [7, 11) is 1.96. The lowest BCUT2D eigenvalue weighted by molar-refractivity contribution is -0.126. The van der Waals surface area contributed by atoms with Gasteiger partial charge in [0.15, 0.2) is 0 Å². The summed E-state index contributed by atoms with van der Waals surface area (Å²) in [5.74, 6) is 0.0728. The summed E-state index contributed by atoms with van der Waals surface area (Å²) in [6.07, 6.45) is 1.48. The molecule has 1 atom stereocenters. The molecule has 0 saturated heterocycles. The van der Waals surface area contributed by atoms with Crippen molar-refractivity contribution >= 4 is 18.1 Å². The van der Waals surface area contributed by atoms with Crippen molar-refractivity contribution in [3.8, 4) is 0 Å². The first-order valence-electron chi connectivity index (χ1n) is 10.0. The zero-order valence-corrected chi connectivity index (χ0v) is 19.7. The Morgan fingerprint density at radius 2 is 1.44 bits per heavy atom. The van der Waals surface area contributed by atoms with Crippen molar-refractivity contribution in [1.29, 1.82) is 0 Å². The zero-order valence-electron chi connectivity index (χ0n) is 19.7. The summed E-state index contributed by atoms with van der Waals surface area (Å²) in [4.78, 5) is 31.0. The first-order chi connectivity index (χ1) is 12.7. The van der Waals surface area contributed by atoms with E-state index in [0.717, 1.165) is 6.54 Å². The topological polar surface area (TPSA) is 113 Å². The molecule has 0 rings (SSSR count). The zero-order chi connectivity index (χ0) is 22.8. The van der Waals surface area contributed by atoms with Crippen molar-refractivity contribution in [3.05, 3.63) is 0 Å². The average Bonchev–Trinajstić information content (AvgIpc) is 2.62. The number of nitrogens with two attached hydrogens (primary N) is 1. The van der Waals surface area contributed by atoms with E-state index in [4.69, 9.17) is 4.79 Å². The Kier molecular flexibility index (Phi) is 43.5. The van der Waals surface area contributed by atoms with Crippen LogP contribution in [0, 0.1) is 5.92 Å². The Morgan fingerprint density at radius 1 is 1.04 bits per heavy atom. The number of carbonyl (C=O) groups is 3. The van der Waals surface area contributed by atoms with E-state index in [9.17, 15) is 9.59 Å². The van der Waals surface area contributed by atoms with Crippen LogP contribution in [0.1, 0.15) is 75.7 Å². The highest BCUT2D eigenvalue weighted by Gasteiger charge is 2.22. The molecule has 0 aliphatic carbocycles. The van der Waals surface area contributed by atoms with Crippen molar-refractivity contribution < 1.29 is 14.4 Å². The van der Waals surface area contributed by atoms with Gasteiger partial charge in [0, 0.05) is 6.04 Å². The van der Waals surface area contributed by atoms with Gasteiger partial charge in [-0.05, 0) is 32.9 Å². The Hall–Kier alpha value is -1.47. The van der Waals surface area contributed by atoms with E-state index in [1.165, 1.54) is 13.3 Å². The molecule has 0 saturated carbocycles. The van der Waals surface area contributed by atoms with Gasteiger partial charge in [-0.25, -0.2) is 0 Å². The van der Waals surface area contributed by atoms with E-state index >= 15 is 0 Å². The number of nitrogens with one attached hydrogen (secondary N) is 3. The van der Waals surface area contributed by atoms with Crippen LogP contribution in [0.25, 0.3) is 0 Å². The van der Waals surface area contributed by atoms with E-state index in [0.29, 0.717) is 0 Å². The van der Waals surface area contributed by atoms with Gasteiger partial charge in [0.25, 0.3) is 0 Å².